The van der Waals surface area contributed by atoms with Gasteiger partial charge in [-0.05, 0) is 74.0 Å². The zero-order valence-electron chi connectivity index (χ0n) is 24.5. The number of aromatic nitrogens is 8. The molecule has 198 valence electrons. The zero-order chi connectivity index (χ0) is 27.1. The Bertz CT molecular complexity index is 918. The van der Waals surface area contributed by atoms with Crippen molar-refractivity contribution in [2.24, 2.45) is 0 Å². The van der Waals surface area contributed by atoms with E-state index in [1.165, 1.54) is 10.4 Å². The SMILES string of the molecule is CC(C)c1cnsc1C(C)C.CC(C)c1nnnn1C(C)(C)C.CC(C)n1cnnc1C(C)(C)C. The maximum atomic E-state index is 4.21. The molecule has 0 aromatic carbocycles. The van der Waals surface area contributed by atoms with E-state index >= 15 is 0 Å². The van der Waals surface area contributed by atoms with E-state index in [4.69, 9.17) is 0 Å². The summed E-state index contributed by atoms with van der Waals surface area (Å²) < 4.78 is 8.19. The molecule has 0 amide bonds. The molecule has 0 fully saturated rings. The number of hydrogen-bond acceptors (Lipinski definition) is 7. The van der Waals surface area contributed by atoms with Gasteiger partial charge in [0.2, 0.25) is 0 Å². The summed E-state index contributed by atoms with van der Waals surface area (Å²) in [5.74, 6) is 3.62. The molecule has 0 radical (unpaired) electrons. The highest BCUT2D eigenvalue weighted by Crippen LogP contribution is 2.28. The van der Waals surface area contributed by atoms with E-state index in [1.54, 1.807) is 17.9 Å². The van der Waals surface area contributed by atoms with Crippen molar-refractivity contribution in [1.29, 1.82) is 0 Å². The second kappa shape index (κ2) is 12.7. The second-order valence-corrected chi connectivity index (χ2v) is 13.0. The Morgan fingerprint density at radius 3 is 1.74 bits per heavy atom. The predicted octanol–water partition coefficient (Wildman–Crippen LogP) is 7.10. The number of rotatable bonds is 4. The molecule has 3 aromatic heterocycles. The van der Waals surface area contributed by atoms with Gasteiger partial charge in [0.15, 0.2) is 5.82 Å². The summed E-state index contributed by atoms with van der Waals surface area (Å²) in [5.41, 5.74) is 1.48. The highest BCUT2D eigenvalue weighted by atomic mass is 32.1. The topological polar surface area (TPSA) is 87.2 Å². The summed E-state index contributed by atoms with van der Waals surface area (Å²) in [7, 11) is 0. The van der Waals surface area contributed by atoms with E-state index in [0.29, 0.717) is 23.8 Å². The van der Waals surface area contributed by atoms with Crippen LogP contribution in [0.2, 0.25) is 0 Å². The minimum atomic E-state index is -0.0247. The molecule has 0 saturated heterocycles. The largest absolute Gasteiger partial charge is 0.315 e. The molecule has 0 bridgehead atoms. The predicted molar refractivity (Wildman–Crippen MR) is 146 cm³/mol. The quantitative estimate of drug-likeness (QED) is 0.376. The van der Waals surface area contributed by atoms with Gasteiger partial charge >= 0.3 is 0 Å². The molecular weight excluding hydrogens is 456 g/mol. The zero-order valence-corrected chi connectivity index (χ0v) is 25.3. The van der Waals surface area contributed by atoms with Gasteiger partial charge in [-0.15, -0.1) is 15.3 Å². The summed E-state index contributed by atoms with van der Waals surface area (Å²) in [4.78, 5) is 1.44. The highest BCUT2D eigenvalue weighted by molar-refractivity contribution is 7.06. The van der Waals surface area contributed by atoms with Crippen molar-refractivity contribution < 1.29 is 0 Å². The summed E-state index contributed by atoms with van der Waals surface area (Å²) >= 11 is 1.64. The molecule has 0 aliphatic carbocycles. The second-order valence-electron chi connectivity index (χ2n) is 12.1. The number of nitrogens with zero attached hydrogens (tertiary/aromatic N) is 8. The van der Waals surface area contributed by atoms with Gasteiger partial charge < -0.3 is 4.57 Å². The van der Waals surface area contributed by atoms with Gasteiger partial charge in [-0.3, -0.25) is 0 Å². The fourth-order valence-corrected chi connectivity index (χ4v) is 4.20. The maximum Gasteiger partial charge on any atom is 0.154 e. The van der Waals surface area contributed by atoms with Crippen molar-refractivity contribution in [3.8, 4) is 0 Å². The first-order valence-electron chi connectivity index (χ1n) is 12.6. The average Bonchev–Trinajstić information content (AvgIpc) is 3.47. The lowest BCUT2D eigenvalue weighted by Crippen LogP contribution is -2.26. The molecule has 0 N–H and O–H groups in total. The van der Waals surface area contributed by atoms with Crippen LogP contribution in [0.3, 0.4) is 0 Å². The van der Waals surface area contributed by atoms with E-state index in [2.05, 4.69) is 132 Å². The van der Waals surface area contributed by atoms with Crippen LogP contribution in [-0.4, -0.2) is 39.3 Å². The molecule has 0 unspecified atom stereocenters. The fourth-order valence-electron chi connectivity index (χ4n) is 3.32. The van der Waals surface area contributed by atoms with Gasteiger partial charge in [0.05, 0.1) is 5.54 Å². The molecule has 3 heterocycles. The molecule has 3 rings (SSSR count). The van der Waals surface area contributed by atoms with Crippen LogP contribution < -0.4 is 0 Å². The Balaban J connectivity index is 0.000000263. The molecule has 9 heteroatoms. The van der Waals surface area contributed by atoms with Gasteiger partial charge in [0, 0.05) is 28.4 Å². The van der Waals surface area contributed by atoms with Crippen molar-refractivity contribution in [2.75, 3.05) is 0 Å². The van der Waals surface area contributed by atoms with E-state index in [1.807, 2.05) is 10.9 Å². The van der Waals surface area contributed by atoms with Crippen LogP contribution >= 0.6 is 11.5 Å². The standard InChI is InChI=1S/C9H17N3.C9H15NS.C8H16N4/c1-7(2)12-6-10-11-8(12)9(3,4)5;1-6(2)8-5-10-11-9(8)7(3)4;1-6(2)7-9-10-11-12(7)8(3,4)5/h6-7H,1-5H3;5-7H,1-4H3;6H,1-5H3. The molecule has 0 saturated carbocycles. The van der Waals surface area contributed by atoms with E-state index in [0.717, 1.165) is 11.6 Å². The molecular formula is C26H48N8S. The van der Waals surface area contributed by atoms with Gasteiger partial charge in [-0.25, -0.2) is 9.06 Å². The third kappa shape index (κ3) is 9.09. The molecule has 0 aliphatic rings. The fraction of sp³-hybridized carbons (Fsp3) is 0.769. The number of hydrogen-bond donors (Lipinski definition) is 0. The lowest BCUT2D eigenvalue weighted by atomic mass is 9.95. The van der Waals surface area contributed by atoms with Crippen LogP contribution in [0.4, 0.5) is 0 Å². The van der Waals surface area contributed by atoms with Crippen LogP contribution in [0, 0.1) is 0 Å². The number of tetrazole rings is 1. The van der Waals surface area contributed by atoms with Crippen LogP contribution in [-0.2, 0) is 11.0 Å². The molecule has 3 aromatic rings. The van der Waals surface area contributed by atoms with E-state index in [-0.39, 0.29) is 11.0 Å². The Morgan fingerprint density at radius 2 is 1.40 bits per heavy atom. The van der Waals surface area contributed by atoms with Crippen molar-refractivity contribution >= 4 is 11.5 Å². The third-order valence-corrected chi connectivity index (χ3v) is 6.33. The Labute approximate surface area is 217 Å². The van der Waals surface area contributed by atoms with Crippen molar-refractivity contribution in [1.82, 2.24) is 39.3 Å². The summed E-state index contributed by atoms with van der Waals surface area (Å²) in [6.07, 6.45) is 3.80. The first-order valence-corrected chi connectivity index (χ1v) is 13.4. The van der Waals surface area contributed by atoms with Crippen LogP contribution in [0.25, 0.3) is 0 Å². The first-order chi connectivity index (χ1) is 16.0. The van der Waals surface area contributed by atoms with Gasteiger partial charge in [-0.2, -0.15) is 0 Å². The third-order valence-electron chi connectivity index (χ3n) is 5.22. The molecule has 0 aliphatic heterocycles. The van der Waals surface area contributed by atoms with Gasteiger partial charge in [0.25, 0.3) is 0 Å². The summed E-state index contributed by atoms with van der Waals surface area (Å²) in [5, 5.41) is 19.7. The maximum absolute atomic E-state index is 4.21. The first kappa shape index (κ1) is 30.9. The Kier molecular flexibility index (Phi) is 11.2. The van der Waals surface area contributed by atoms with Crippen LogP contribution in [0.5, 0.6) is 0 Å². The Morgan fingerprint density at radius 1 is 0.800 bits per heavy atom. The average molecular weight is 505 g/mol. The molecule has 0 atom stereocenters. The van der Waals surface area contributed by atoms with E-state index < -0.39 is 0 Å². The van der Waals surface area contributed by atoms with Crippen molar-refractivity contribution in [2.45, 2.75) is 132 Å². The smallest absolute Gasteiger partial charge is 0.154 e. The van der Waals surface area contributed by atoms with Crippen molar-refractivity contribution in [3.63, 3.8) is 0 Å². The van der Waals surface area contributed by atoms with Gasteiger partial charge in [0.1, 0.15) is 12.2 Å². The molecule has 8 nitrogen and oxygen atoms in total. The summed E-state index contributed by atoms with van der Waals surface area (Å²) in [6, 6.07) is 0.439. The van der Waals surface area contributed by atoms with Crippen molar-refractivity contribution in [3.05, 3.63) is 34.6 Å². The lowest BCUT2D eigenvalue weighted by Gasteiger charge is -2.20. The summed E-state index contributed by atoms with van der Waals surface area (Å²) in [6.45, 7) is 30.1. The monoisotopic (exact) mass is 504 g/mol. The Hall–Kier alpha value is -2.16. The normalized spacial score (nSPS) is 12.2. The van der Waals surface area contributed by atoms with Crippen LogP contribution in [0.15, 0.2) is 12.5 Å². The minimum Gasteiger partial charge on any atom is -0.315 e. The lowest BCUT2D eigenvalue weighted by molar-refractivity contribution is 0.330. The van der Waals surface area contributed by atoms with E-state index in [9.17, 15) is 0 Å². The molecule has 35 heavy (non-hydrogen) atoms. The van der Waals surface area contributed by atoms with Gasteiger partial charge in [-0.1, -0.05) is 62.3 Å². The molecule has 0 spiro atoms. The minimum absolute atomic E-state index is 0.0247. The highest BCUT2D eigenvalue weighted by Gasteiger charge is 2.22. The van der Waals surface area contributed by atoms with Crippen LogP contribution in [0.1, 0.15) is 143 Å².